The van der Waals surface area contributed by atoms with Crippen LogP contribution in [0.1, 0.15) is 45.0 Å². The zero-order valence-corrected chi connectivity index (χ0v) is 23.6. The number of fused-ring (bicyclic) bond motifs is 1. The van der Waals surface area contributed by atoms with Gasteiger partial charge in [-0.15, -0.1) is 0 Å². The Bertz CT molecular complexity index is 1340. The number of carboxylic acids is 1. The van der Waals surface area contributed by atoms with Gasteiger partial charge in [-0.05, 0) is 70.0 Å². The number of carboxylic acid groups (broad SMARTS) is 1. The van der Waals surface area contributed by atoms with Crippen LogP contribution in [-0.4, -0.2) is 39.7 Å². The fourth-order valence-electron chi connectivity index (χ4n) is 3.07. The lowest BCUT2D eigenvalue weighted by atomic mass is 10.2. The summed E-state index contributed by atoms with van der Waals surface area (Å²) >= 11 is 10.4. The van der Waals surface area contributed by atoms with Crippen molar-refractivity contribution in [3.63, 3.8) is 0 Å². The second kappa shape index (κ2) is 11.0. The summed E-state index contributed by atoms with van der Waals surface area (Å²) in [7, 11) is 0. The van der Waals surface area contributed by atoms with Gasteiger partial charge >= 0.3 is 5.97 Å². The van der Waals surface area contributed by atoms with E-state index in [1.807, 2.05) is 26.8 Å². The maximum absolute atomic E-state index is 13.3. The van der Waals surface area contributed by atoms with E-state index in [1.165, 1.54) is 17.8 Å². The van der Waals surface area contributed by atoms with E-state index in [4.69, 9.17) is 9.47 Å². The number of hydrogen-bond donors (Lipinski definition) is 1. The predicted octanol–water partition coefficient (Wildman–Crippen LogP) is 5.94. The molecule has 34 heavy (non-hydrogen) atoms. The van der Waals surface area contributed by atoms with E-state index in [0.29, 0.717) is 43.6 Å². The summed E-state index contributed by atoms with van der Waals surface area (Å²) in [6.07, 6.45) is 0.428. The van der Waals surface area contributed by atoms with Gasteiger partial charge in [-0.25, -0.2) is 9.78 Å². The van der Waals surface area contributed by atoms with Crippen molar-refractivity contribution < 1.29 is 19.4 Å². The summed E-state index contributed by atoms with van der Waals surface area (Å²) in [5, 5.41) is 14.1. The third-order valence-electron chi connectivity index (χ3n) is 4.76. The molecule has 180 valence electrons. The highest BCUT2D eigenvalue weighted by atomic mass is 79.9. The van der Waals surface area contributed by atoms with Gasteiger partial charge in [-0.1, -0.05) is 29.8 Å². The molecule has 0 bridgehead atoms. The first-order valence-electron chi connectivity index (χ1n) is 10.4. The molecule has 0 aliphatic rings. The number of benzene rings is 2. The van der Waals surface area contributed by atoms with E-state index >= 15 is 0 Å². The van der Waals surface area contributed by atoms with Gasteiger partial charge in [0.05, 0.1) is 28.2 Å². The number of aliphatic carboxylic acids is 1. The molecule has 0 unspecified atom stereocenters. The quantitative estimate of drug-likeness (QED) is 0.300. The average molecular weight is 660 g/mol. The zero-order valence-electron chi connectivity index (χ0n) is 18.8. The molecular weight excluding hydrogens is 638 g/mol. The molecular formula is C23H22Br3N3O5. The second-order valence-corrected chi connectivity index (χ2v) is 10.1. The molecule has 0 amide bonds. The largest absolute Gasteiger partial charge is 0.490 e. The molecule has 2 aromatic carbocycles. The Morgan fingerprint density at radius 2 is 1.91 bits per heavy atom. The summed E-state index contributed by atoms with van der Waals surface area (Å²) in [5.74, 6) is -0.0545. The lowest BCUT2D eigenvalue weighted by Gasteiger charge is -2.18. The van der Waals surface area contributed by atoms with Gasteiger partial charge in [0, 0.05) is 20.4 Å². The van der Waals surface area contributed by atoms with Crippen LogP contribution in [0.3, 0.4) is 0 Å². The molecule has 0 radical (unpaired) electrons. The summed E-state index contributed by atoms with van der Waals surface area (Å²) in [6, 6.07) is 7.01. The highest BCUT2D eigenvalue weighted by Crippen LogP contribution is 2.43. The number of aromatic nitrogens is 2. The Kier molecular flexibility index (Phi) is 8.53. The maximum atomic E-state index is 13.3. The first kappa shape index (κ1) is 26.4. The minimum atomic E-state index is -1.10. The zero-order chi connectivity index (χ0) is 25.2. The van der Waals surface area contributed by atoms with E-state index < -0.39 is 12.1 Å². The second-order valence-electron chi connectivity index (χ2n) is 7.60. The first-order chi connectivity index (χ1) is 16.0. The molecule has 8 nitrogen and oxygen atoms in total. The SMILES string of the molecule is CCOc1cc(C=Nn2c(C(C)C)nc3ccc(Br)cc3c2=O)c(Br)c(Br)c1O[C@H](C)C(=O)O. The van der Waals surface area contributed by atoms with Crippen LogP contribution in [0.15, 0.2) is 47.6 Å². The van der Waals surface area contributed by atoms with Crippen LogP contribution in [0.25, 0.3) is 10.9 Å². The normalized spacial score (nSPS) is 12.5. The number of rotatable bonds is 8. The Morgan fingerprint density at radius 1 is 1.21 bits per heavy atom. The van der Waals surface area contributed by atoms with Crippen LogP contribution in [0.4, 0.5) is 0 Å². The number of hydrogen-bond acceptors (Lipinski definition) is 6. The lowest BCUT2D eigenvalue weighted by Crippen LogP contribution is -2.23. The van der Waals surface area contributed by atoms with Crippen molar-refractivity contribution in [1.29, 1.82) is 0 Å². The maximum Gasteiger partial charge on any atom is 0.344 e. The van der Waals surface area contributed by atoms with Gasteiger partial charge in [0.25, 0.3) is 5.56 Å². The van der Waals surface area contributed by atoms with Gasteiger partial charge in [0.1, 0.15) is 5.82 Å². The van der Waals surface area contributed by atoms with Gasteiger partial charge < -0.3 is 14.6 Å². The Labute approximate surface area is 221 Å². The lowest BCUT2D eigenvalue weighted by molar-refractivity contribution is -0.144. The van der Waals surface area contributed by atoms with E-state index in [9.17, 15) is 14.7 Å². The molecule has 0 aliphatic heterocycles. The summed E-state index contributed by atoms with van der Waals surface area (Å²) in [4.78, 5) is 29.2. The van der Waals surface area contributed by atoms with Crippen LogP contribution < -0.4 is 15.0 Å². The van der Waals surface area contributed by atoms with Gasteiger partial charge in [0.2, 0.25) is 0 Å². The average Bonchev–Trinajstić information content (AvgIpc) is 2.78. The molecule has 11 heteroatoms. The van der Waals surface area contributed by atoms with Crippen molar-refractivity contribution >= 4 is 70.9 Å². The number of carbonyl (C=O) groups is 1. The highest BCUT2D eigenvalue weighted by molar-refractivity contribution is 9.13. The molecule has 1 heterocycles. The van der Waals surface area contributed by atoms with E-state index in [0.717, 1.165) is 4.47 Å². The number of nitrogens with zero attached hydrogens (tertiary/aromatic N) is 3. The van der Waals surface area contributed by atoms with Crippen molar-refractivity contribution in [2.24, 2.45) is 5.10 Å². The minimum Gasteiger partial charge on any atom is -0.490 e. The van der Waals surface area contributed by atoms with Gasteiger partial charge in [-0.3, -0.25) is 4.79 Å². The van der Waals surface area contributed by atoms with Gasteiger partial charge in [-0.2, -0.15) is 9.78 Å². The van der Waals surface area contributed by atoms with Crippen molar-refractivity contribution in [2.45, 2.75) is 39.7 Å². The smallest absolute Gasteiger partial charge is 0.344 e. The topological polar surface area (TPSA) is 103 Å². The number of halogens is 3. The Hall–Kier alpha value is -2.24. The molecule has 3 aromatic rings. The third kappa shape index (κ3) is 5.52. The first-order valence-corrected chi connectivity index (χ1v) is 12.7. The summed E-state index contributed by atoms with van der Waals surface area (Å²) < 4.78 is 14.4. The van der Waals surface area contributed by atoms with E-state index in [-0.39, 0.29) is 17.2 Å². The highest BCUT2D eigenvalue weighted by Gasteiger charge is 2.22. The molecule has 1 atom stereocenters. The van der Waals surface area contributed by atoms with Gasteiger partial charge in [0.15, 0.2) is 17.6 Å². The molecule has 1 N–H and O–H groups in total. The van der Waals surface area contributed by atoms with Crippen LogP contribution in [0.2, 0.25) is 0 Å². The third-order valence-corrected chi connectivity index (χ3v) is 7.40. The predicted molar refractivity (Wildman–Crippen MR) is 142 cm³/mol. The van der Waals surface area contributed by atoms with Crippen LogP contribution in [0, 0.1) is 0 Å². The van der Waals surface area contributed by atoms with Crippen molar-refractivity contribution in [3.05, 3.63) is 59.4 Å². The fraction of sp³-hybridized carbons (Fsp3) is 0.304. The molecule has 0 spiro atoms. The standard InChI is InChI=1S/C23H22Br3N3O5/c1-5-33-17-8-13(18(25)19(26)20(17)34-12(4)23(31)32)10-27-29-21(11(2)3)28-16-7-6-14(24)9-15(16)22(29)30/h6-12H,5H2,1-4H3,(H,31,32)/t12-/m1/s1. The monoisotopic (exact) mass is 657 g/mol. The van der Waals surface area contributed by atoms with E-state index in [1.54, 1.807) is 18.2 Å². The minimum absolute atomic E-state index is 0.0552. The number of ether oxygens (including phenoxy) is 2. The molecule has 0 saturated carbocycles. The van der Waals surface area contributed by atoms with Crippen LogP contribution >= 0.6 is 47.8 Å². The fourth-order valence-corrected chi connectivity index (χ4v) is 4.35. The molecule has 0 aliphatic carbocycles. The molecule has 0 fully saturated rings. The van der Waals surface area contributed by atoms with Crippen molar-refractivity contribution in [3.8, 4) is 11.5 Å². The Morgan fingerprint density at radius 3 is 2.53 bits per heavy atom. The van der Waals surface area contributed by atoms with Crippen LogP contribution in [0.5, 0.6) is 11.5 Å². The molecule has 0 saturated heterocycles. The van der Waals surface area contributed by atoms with Crippen molar-refractivity contribution in [2.75, 3.05) is 6.61 Å². The molecule has 1 aromatic heterocycles. The Balaban J connectivity index is 2.15. The van der Waals surface area contributed by atoms with E-state index in [2.05, 4.69) is 57.9 Å². The van der Waals surface area contributed by atoms with Crippen LogP contribution in [-0.2, 0) is 4.79 Å². The van der Waals surface area contributed by atoms with Crippen molar-refractivity contribution in [1.82, 2.24) is 9.66 Å². The summed E-state index contributed by atoms with van der Waals surface area (Å²) in [6.45, 7) is 7.45. The molecule has 3 rings (SSSR count). The summed E-state index contributed by atoms with van der Waals surface area (Å²) in [5.41, 5.74) is 0.892.